The molecule has 0 aliphatic heterocycles. The first-order valence-electron chi connectivity index (χ1n) is 5.37. The normalized spacial score (nSPS) is 11.5. The van der Waals surface area contributed by atoms with Gasteiger partial charge in [0, 0.05) is 25.7 Å². The number of nitro groups is 1. The molecule has 0 saturated heterocycles. The van der Waals surface area contributed by atoms with Crippen LogP contribution < -0.4 is 10.0 Å². The van der Waals surface area contributed by atoms with Gasteiger partial charge in [0.25, 0.3) is 5.69 Å². The van der Waals surface area contributed by atoms with Crippen molar-refractivity contribution < 1.29 is 17.7 Å². The van der Waals surface area contributed by atoms with Crippen molar-refractivity contribution >= 4 is 15.7 Å². The highest BCUT2D eigenvalue weighted by atomic mass is 32.2. The Kier molecular flexibility index (Phi) is 5.33. The molecule has 0 unspecified atom stereocenters. The van der Waals surface area contributed by atoms with Crippen molar-refractivity contribution in [1.82, 2.24) is 10.0 Å². The number of hydrogen-bond donors (Lipinski definition) is 2. The molecule has 0 spiro atoms. The fourth-order valence-electron chi connectivity index (χ4n) is 1.40. The average Bonchev–Trinajstić information content (AvgIpc) is 2.26. The Labute approximate surface area is 110 Å². The van der Waals surface area contributed by atoms with E-state index in [9.17, 15) is 22.9 Å². The maximum atomic E-state index is 13.1. The molecule has 0 fully saturated rings. The molecule has 0 aromatic heterocycles. The molecule has 0 radical (unpaired) electrons. The monoisotopic (exact) mass is 291 g/mol. The van der Waals surface area contributed by atoms with Gasteiger partial charge in [0.1, 0.15) is 5.82 Å². The summed E-state index contributed by atoms with van der Waals surface area (Å²) >= 11 is 0. The van der Waals surface area contributed by atoms with Gasteiger partial charge < -0.3 is 5.32 Å². The first-order chi connectivity index (χ1) is 8.78. The summed E-state index contributed by atoms with van der Waals surface area (Å²) in [6, 6.07) is 3.29. The van der Waals surface area contributed by atoms with Crippen molar-refractivity contribution in [2.45, 2.75) is 6.54 Å². The molecule has 0 aliphatic carbocycles. The van der Waals surface area contributed by atoms with Crippen LogP contribution in [0.25, 0.3) is 0 Å². The highest BCUT2D eigenvalue weighted by Gasteiger charge is 2.09. The summed E-state index contributed by atoms with van der Waals surface area (Å²) in [6.45, 7) is 0.734. The second-order valence-electron chi connectivity index (χ2n) is 3.92. The van der Waals surface area contributed by atoms with Crippen molar-refractivity contribution in [3.8, 4) is 0 Å². The van der Waals surface area contributed by atoms with Crippen LogP contribution in [0.1, 0.15) is 5.56 Å². The summed E-state index contributed by atoms with van der Waals surface area (Å²) in [4.78, 5) is 9.86. The molecule has 1 aromatic carbocycles. The van der Waals surface area contributed by atoms with Gasteiger partial charge in [-0.2, -0.15) is 0 Å². The minimum atomic E-state index is -3.23. The number of sulfonamides is 1. The van der Waals surface area contributed by atoms with Gasteiger partial charge in [-0.15, -0.1) is 0 Å². The lowest BCUT2D eigenvalue weighted by atomic mass is 10.2. The van der Waals surface area contributed by atoms with Crippen LogP contribution >= 0.6 is 0 Å². The molecule has 0 aliphatic rings. The van der Waals surface area contributed by atoms with E-state index in [1.54, 1.807) is 0 Å². The van der Waals surface area contributed by atoms with Gasteiger partial charge in [-0.1, -0.05) is 0 Å². The van der Waals surface area contributed by atoms with Crippen molar-refractivity contribution in [2.24, 2.45) is 0 Å². The largest absolute Gasteiger partial charge is 0.311 e. The zero-order chi connectivity index (χ0) is 14.5. The topological polar surface area (TPSA) is 101 Å². The molecular weight excluding hydrogens is 277 g/mol. The van der Waals surface area contributed by atoms with Crippen LogP contribution in [-0.2, 0) is 16.6 Å². The molecule has 1 rings (SSSR count). The number of non-ortho nitro benzene ring substituents is 1. The van der Waals surface area contributed by atoms with Crippen LogP contribution in [0.5, 0.6) is 0 Å². The second-order valence-corrected chi connectivity index (χ2v) is 5.75. The van der Waals surface area contributed by atoms with Crippen LogP contribution in [0.2, 0.25) is 0 Å². The molecule has 0 saturated carbocycles. The van der Waals surface area contributed by atoms with E-state index in [0.29, 0.717) is 12.1 Å². The number of nitro benzene ring substituents is 1. The van der Waals surface area contributed by atoms with Crippen LogP contribution in [0.15, 0.2) is 18.2 Å². The van der Waals surface area contributed by atoms with Crippen molar-refractivity contribution in [3.63, 3.8) is 0 Å². The molecule has 0 heterocycles. The Morgan fingerprint density at radius 2 is 2.00 bits per heavy atom. The summed E-state index contributed by atoms with van der Waals surface area (Å²) < 4.78 is 36.9. The van der Waals surface area contributed by atoms with Crippen LogP contribution in [-0.4, -0.2) is 32.7 Å². The Balaban J connectivity index is 2.47. The van der Waals surface area contributed by atoms with Gasteiger partial charge >= 0.3 is 0 Å². The zero-order valence-electron chi connectivity index (χ0n) is 10.2. The number of rotatable bonds is 7. The molecule has 0 atom stereocenters. The molecule has 0 bridgehead atoms. The molecule has 9 heteroatoms. The number of nitrogens with zero attached hydrogens (tertiary/aromatic N) is 1. The smallest absolute Gasteiger partial charge is 0.272 e. The van der Waals surface area contributed by atoms with E-state index in [4.69, 9.17) is 0 Å². The molecule has 106 valence electrons. The number of benzene rings is 1. The summed E-state index contributed by atoms with van der Waals surface area (Å²) in [7, 11) is -3.23. The van der Waals surface area contributed by atoms with Gasteiger partial charge in [0.05, 0.1) is 17.2 Å². The standard InChI is InChI=1S/C10H14FN3O4S/c1-19(17,18)13-3-2-12-7-8-4-9(11)6-10(5-8)14(15)16/h4-6,12-13H,2-3,7H2,1H3. The summed E-state index contributed by atoms with van der Waals surface area (Å²) in [5.41, 5.74) is 0.108. The third-order valence-electron chi connectivity index (χ3n) is 2.15. The quantitative estimate of drug-likeness (QED) is 0.429. The van der Waals surface area contributed by atoms with Crippen molar-refractivity contribution in [2.75, 3.05) is 19.3 Å². The first-order valence-corrected chi connectivity index (χ1v) is 7.26. The third kappa shape index (κ3) is 6.22. The van der Waals surface area contributed by atoms with E-state index in [0.717, 1.165) is 12.3 Å². The third-order valence-corrected chi connectivity index (χ3v) is 2.88. The molecular formula is C10H14FN3O4S. The van der Waals surface area contributed by atoms with Gasteiger partial charge in [-0.25, -0.2) is 17.5 Å². The highest BCUT2D eigenvalue weighted by Crippen LogP contribution is 2.15. The first kappa shape index (κ1) is 15.5. The van der Waals surface area contributed by atoms with Gasteiger partial charge in [-0.05, 0) is 11.6 Å². The minimum absolute atomic E-state index is 0.191. The molecule has 2 N–H and O–H groups in total. The van der Waals surface area contributed by atoms with E-state index in [2.05, 4.69) is 10.0 Å². The van der Waals surface area contributed by atoms with E-state index >= 15 is 0 Å². The number of hydrogen-bond acceptors (Lipinski definition) is 5. The maximum absolute atomic E-state index is 13.1. The molecule has 1 aromatic rings. The maximum Gasteiger partial charge on any atom is 0.272 e. The van der Waals surface area contributed by atoms with Gasteiger partial charge in [0.2, 0.25) is 10.0 Å². The predicted molar refractivity (Wildman–Crippen MR) is 67.6 cm³/mol. The SMILES string of the molecule is CS(=O)(=O)NCCNCc1cc(F)cc([N+](=O)[O-])c1. The fraction of sp³-hybridized carbons (Fsp3) is 0.400. The lowest BCUT2D eigenvalue weighted by Gasteiger charge is -2.05. The summed E-state index contributed by atoms with van der Waals surface area (Å²) in [5.74, 6) is -0.680. The van der Waals surface area contributed by atoms with Gasteiger partial charge in [0.15, 0.2) is 0 Å². The zero-order valence-corrected chi connectivity index (χ0v) is 11.0. The van der Waals surface area contributed by atoms with E-state index in [-0.39, 0.29) is 18.8 Å². The fourth-order valence-corrected chi connectivity index (χ4v) is 1.87. The Hall–Kier alpha value is -1.58. The molecule has 19 heavy (non-hydrogen) atoms. The van der Waals surface area contributed by atoms with Crippen molar-refractivity contribution in [1.29, 1.82) is 0 Å². The summed E-state index contributed by atoms with van der Waals surface area (Å²) in [6.07, 6.45) is 1.04. The second kappa shape index (κ2) is 6.55. The van der Waals surface area contributed by atoms with E-state index < -0.39 is 20.8 Å². The Morgan fingerprint density at radius 1 is 1.32 bits per heavy atom. The lowest BCUT2D eigenvalue weighted by molar-refractivity contribution is -0.385. The number of halogens is 1. The highest BCUT2D eigenvalue weighted by molar-refractivity contribution is 7.88. The Bertz CT molecular complexity index is 562. The lowest BCUT2D eigenvalue weighted by Crippen LogP contribution is -2.30. The molecule has 7 nitrogen and oxygen atoms in total. The summed E-state index contributed by atoms with van der Waals surface area (Å²) in [5, 5.41) is 13.4. The number of nitrogens with one attached hydrogen (secondary N) is 2. The predicted octanol–water partition coefficient (Wildman–Crippen LogP) is 0.373. The molecule has 0 amide bonds. The van der Waals surface area contributed by atoms with E-state index in [1.807, 2.05) is 0 Å². The van der Waals surface area contributed by atoms with Crippen LogP contribution in [0, 0.1) is 15.9 Å². The van der Waals surface area contributed by atoms with Gasteiger partial charge in [-0.3, -0.25) is 10.1 Å². The average molecular weight is 291 g/mol. The van der Waals surface area contributed by atoms with Crippen LogP contribution in [0.4, 0.5) is 10.1 Å². The minimum Gasteiger partial charge on any atom is -0.311 e. The van der Waals surface area contributed by atoms with E-state index in [1.165, 1.54) is 12.1 Å². The van der Waals surface area contributed by atoms with Crippen molar-refractivity contribution in [3.05, 3.63) is 39.7 Å². The Morgan fingerprint density at radius 3 is 2.58 bits per heavy atom. The van der Waals surface area contributed by atoms with Crippen LogP contribution in [0.3, 0.4) is 0 Å².